The van der Waals surface area contributed by atoms with Crippen LogP contribution in [0.5, 0.6) is 0 Å². The number of nitrogens with zero attached hydrogens (tertiary/aromatic N) is 2. The van der Waals surface area contributed by atoms with Crippen LogP contribution in [0.25, 0.3) is 6.08 Å². The van der Waals surface area contributed by atoms with Gasteiger partial charge < -0.3 is 10.2 Å². The molecule has 7 heteroatoms. The second-order valence-corrected chi connectivity index (χ2v) is 9.46. The monoisotopic (exact) mass is 437 g/mol. The van der Waals surface area contributed by atoms with Crippen LogP contribution in [0, 0.1) is 23.0 Å². The Morgan fingerprint density at radius 3 is 2.61 bits per heavy atom. The molecule has 1 N–H and O–H groups in total. The second-order valence-electron chi connectivity index (χ2n) is 8.33. The van der Waals surface area contributed by atoms with Crippen molar-refractivity contribution in [3.63, 3.8) is 0 Å². The zero-order chi connectivity index (χ0) is 22.0. The number of hydrogen-bond donors (Lipinski definition) is 1. The van der Waals surface area contributed by atoms with Crippen LogP contribution in [0.15, 0.2) is 53.4 Å². The minimum Gasteiger partial charge on any atom is -0.356 e. The van der Waals surface area contributed by atoms with Crippen molar-refractivity contribution in [2.45, 2.75) is 51.1 Å². The van der Waals surface area contributed by atoms with Gasteiger partial charge in [0.1, 0.15) is 0 Å². The maximum absolute atomic E-state index is 13.5. The van der Waals surface area contributed by atoms with Crippen LogP contribution < -0.4 is 5.32 Å². The van der Waals surface area contributed by atoms with E-state index in [9.17, 15) is 14.9 Å². The number of nitro groups is 1. The van der Waals surface area contributed by atoms with Crippen molar-refractivity contribution in [3.8, 4) is 0 Å². The molecule has 0 bridgehead atoms. The van der Waals surface area contributed by atoms with Crippen LogP contribution in [0.3, 0.4) is 0 Å². The summed E-state index contributed by atoms with van der Waals surface area (Å²) in [5.41, 5.74) is 2.12. The molecule has 31 heavy (non-hydrogen) atoms. The summed E-state index contributed by atoms with van der Waals surface area (Å²) in [4.78, 5) is 27.1. The number of thioether (sulfide) groups is 1. The first-order chi connectivity index (χ1) is 14.9. The van der Waals surface area contributed by atoms with Gasteiger partial charge in [0.05, 0.1) is 9.83 Å². The van der Waals surface area contributed by atoms with E-state index in [0.29, 0.717) is 21.9 Å². The third-order valence-electron chi connectivity index (χ3n) is 6.15. The van der Waals surface area contributed by atoms with Crippen molar-refractivity contribution in [1.82, 2.24) is 4.90 Å². The van der Waals surface area contributed by atoms with Gasteiger partial charge >= 0.3 is 0 Å². The van der Waals surface area contributed by atoms with E-state index < -0.39 is 0 Å². The summed E-state index contributed by atoms with van der Waals surface area (Å²) < 4.78 is 0. The summed E-state index contributed by atoms with van der Waals surface area (Å²) in [6.07, 6.45) is 6.25. The van der Waals surface area contributed by atoms with Gasteiger partial charge in [-0.2, -0.15) is 0 Å². The summed E-state index contributed by atoms with van der Waals surface area (Å²) in [5.74, 6) is 0.443. The van der Waals surface area contributed by atoms with Gasteiger partial charge in [-0.05, 0) is 49.5 Å². The van der Waals surface area contributed by atoms with Gasteiger partial charge in [-0.25, -0.2) is 0 Å². The highest BCUT2D eigenvalue weighted by Crippen LogP contribution is 2.42. The molecule has 3 atom stereocenters. The predicted molar refractivity (Wildman–Crippen MR) is 126 cm³/mol. The molecule has 1 aliphatic heterocycles. The first-order valence-electron chi connectivity index (χ1n) is 10.7. The van der Waals surface area contributed by atoms with Gasteiger partial charge in [0, 0.05) is 23.4 Å². The molecule has 1 unspecified atom stereocenters. The number of carbonyl (C=O) groups excluding carboxylic acids is 1. The number of aryl methyl sites for hydroxylation is 1. The lowest BCUT2D eigenvalue weighted by Crippen LogP contribution is -2.48. The Labute approximate surface area is 186 Å². The summed E-state index contributed by atoms with van der Waals surface area (Å²) in [6, 6.07) is 15.2. The van der Waals surface area contributed by atoms with Gasteiger partial charge in [-0.3, -0.25) is 14.9 Å². The number of nitrogens with one attached hydrogen (secondary N) is 1. The molecule has 6 nitrogen and oxygen atoms in total. The minimum absolute atomic E-state index is 0.000379. The number of anilines is 1. The minimum atomic E-state index is -0.378. The molecule has 4 rings (SSSR count). The molecular formula is C24H27N3O3S. The highest BCUT2D eigenvalue weighted by atomic mass is 32.2. The molecule has 2 aliphatic rings. The summed E-state index contributed by atoms with van der Waals surface area (Å²) in [6.45, 7) is 3.95. The normalized spacial score (nSPS) is 25.1. The number of carbonyl (C=O) groups is 1. The Balaban J connectivity index is 1.66. The summed E-state index contributed by atoms with van der Waals surface area (Å²) in [5, 5.41) is 14.8. The SMILES string of the molecule is Cc1ccc(/C=C2\SC(Nc3ccccc3)N([C@H]3CCCC[C@@H]3C)C2=O)cc1[N+](=O)[O-]. The molecule has 1 amide bonds. The largest absolute Gasteiger partial charge is 0.356 e. The van der Waals surface area contributed by atoms with Gasteiger partial charge in [0.15, 0.2) is 5.50 Å². The number of benzene rings is 2. The number of amides is 1. The molecule has 0 radical (unpaired) electrons. The molecule has 162 valence electrons. The lowest BCUT2D eigenvalue weighted by Gasteiger charge is -2.39. The number of hydrogen-bond acceptors (Lipinski definition) is 5. The maximum atomic E-state index is 13.5. The third kappa shape index (κ3) is 4.61. The fraction of sp³-hybridized carbons (Fsp3) is 0.375. The van der Waals surface area contributed by atoms with Crippen molar-refractivity contribution < 1.29 is 9.72 Å². The molecule has 0 spiro atoms. The van der Waals surface area contributed by atoms with Gasteiger partial charge in [0.25, 0.3) is 11.6 Å². The molecule has 1 aliphatic carbocycles. The number of rotatable bonds is 5. The number of para-hydroxylation sites is 1. The lowest BCUT2D eigenvalue weighted by atomic mass is 9.85. The lowest BCUT2D eigenvalue weighted by molar-refractivity contribution is -0.385. The Bertz CT molecular complexity index is 1010. The number of nitro benzene ring substituents is 1. The van der Waals surface area contributed by atoms with Crippen molar-refractivity contribution in [1.29, 1.82) is 0 Å². The molecule has 2 aromatic rings. The molecule has 2 fully saturated rings. The zero-order valence-electron chi connectivity index (χ0n) is 17.8. The quantitative estimate of drug-likeness (QED) is 0.364. The topological polar surface area (TPSA) is 75.5 Å². The fourth-order valence-electron chi connectivity index (χ4n) is 4.43. The Hall–Kier alpha value is -2.80. The fourth-order valence-corrected chi connectivity index (χ4v) is 5.64. The Morgan fingerprint density at radius 1 is 1.16 bits per heavy atom. The second kappa shape index (κ2) is 9.14. The predicted octanol–water partition coefficient (Wildman–Crippen LogP) is 5.79. The van der Waals surface area contributed by atoms with Crippen molar-refractivity contribution in [2.75, 3.05) is 5.32 Å². The molecular weight excluding hydrogens is 410 g/mol. The molecule has 2 aromatic carbocycles. The van der Waals surface area contributed by atoms with Crippen LogP contribution in [0.4, 0.5) is 11.4 Å². The molecule has 1 saturated heterocycles. The van der Waals surface area contributed by atoms with E-state index in [0.717, 1.165) is 24.9 Å². The van der Waals surface area contributed by atoms with E-state index in [2.05, 4.69) is 12.2 Å². The van der Waals surface area contributed by atoms with Crippen LogP contribution in [0.2, 0.25) is 0 Å². The van der Waals surface area contributed by atoms with E-state index in [1.54, 1.807) is 25.1 Å². The van der Waals surface area contributed by atoms with Crippen molar-refractivity contribution in [2.24, 2.45) is 5.92 Å². The van der Waals surface area contributed by atoms with E-state index in [4.69, 9.17) is 0 Å². The van der Waals surface area contributed by atoms with Crippen molar-refractivity contribution >= 4 is 35.1 Å². The van der Waals surface area contributed by atoms with E-state index in [-0.39, 0.29) is 28.1 Å². The van der Waals surface area contributed by atoms with Crippen LogP contribution in [-0.4, -0.2) is 27.3 Å². The van der Waals surface area contributed by atoms with Gasteiger partial charge in [-0.15, -0.1) is 0 Å². The van der Waals surface area contributed by atoms with Crippen LogP contribution in [0.1, 0.15) is 43.7 Å². The van der Waals surface area contributed by atoms with E-state index >= 15 is 0 Å². The summed E-state index contributed by atoms with van der Waals surface area (Å²) in [7, 11) is 0. The standard InChI is InChI=1S/C24H27N3O3S/c1-16-8-6-7-11-20(16)26-23(28)22(31-24(26)25-19-9-4-3-5-10-19)15-18-13-12-17(2)21(14-18)27(29)30/h3-5,9-10,12-16,20,24-25H,6-8,11H2,1-2H3/b22-15-/t16-,20-,24?/m0/s1. The van der Waals surface area contributed by atoms with Crippen molar-refractivity contribution in [3.05, 3.63) is 74.7 Å². The first kappa shape index (κ1) is 21.4. The smallest absolute Gasteiger partial charge is 0.272 e. The van der Waals surface area contributed by atoms with E-state index in [1.165, 1.54) is 18.2 Å². The van der Waals surface area contributed by atoms with E-state index in [1.807, 2.05) is 41.3 Å². The Kier molecular flexibility index (Phi) is 6.32. The highest BCUT2D eigenvalue weighted by molar-refractivity contribution is 8.05. The average molecular weight is 438 g/mol. The third-order valence-corrected chi connectivity index (χ3v) is 7.27. The van der Waals surface area contributed by atoms with Crippen LogP contribution in [-0.2, 0) is 4.79 Å². The molecule has 1 saturated carbocycles. The maximum Gasteiger partial charge on any atom is 0.272 e. The highest BCUT2D eigenvalue weighted by Gasteiger charge is 2.42. The average Bonchev–Trinajstić information content (AvgIpc) is 3.05. The summed E-state index contributed by atoms with van der Waals surface area (Å²) >= 11 is 1.49. The van der Waals surface area contributed by atoms with Crippen LogP contribution >= 0.6 is 11.8 Å². The zero-order valence-corrected chi connectivity index (χ0v) is 18.6. The first-order valence-corrected chi connectivity index (χ1v) is 11.6. The molecule has 1 heterocycles. The molecule has 0 aromatic heterocycles. The van der Waals surface area contributed by atoms with Gasteiger partial charge in [-0.1, -0.05) is 61.9 Å². The Morgan fingerprint density at radius 2 is 1.90 bits per heavy atom. The van der Waals surface area contributed by atoms with Gasteiger partial charge in [0.2, 0.25) is 0 Å².